The van der Waals surface area contributed by atoms with Gasteiger partial charge in [-0.25, -0.2) is 4.79 Å². The zero-order chi connectivity index (χ0) is 12.9. The van der Waals surface area contributed by atoms with Gasteiger partial charge < -0.3 is 15.2 Å². The van der Waals surface area contributed by atoms with E-state index in [1.807, 2.05) is 12.2 Å². The van der Waals surface area contributed by atoms with Crippen LogP contribution in [0.1, 0.15) is 0 Å². The zero-order valence-corrected chi connectivity index (χ0v) is 9.41. The molecule has 2 N–H and O–H groups in total. The number of amides is 3. The summed E-state index contributed by atoms with van der Waals surface area (Å²) in [6.07, 6.45) is 1.87. The molecule has 0 aromatic rings. The highest BCUT2D eigenvalue weighted by atomic mass is 16.5. The van der Waals surface area contributed by atoms with Crippen LogP contribution in [0.4, 0.5) is 4.79 Å². The van der Waals surface area contributed by atoms with E-state index in [1.165, 1.54) is 0 Å². The maximum atomic E-state index is 12.1. The number of likely N-dealkylation sites (tertiary alicyclic amines) is 1. The summed E-state index contributed by atoms with van der Waals surface area (Å²) in [7, 11) is 0. The number of fused-ring (bicyclic) bond motifs is 5. The fourth-order valence-corrected chi connectivity index (χ4v) is 2.86. The van der Waals surface area contributed by atoms with Crippen LogP contribution < -0.4 is 5.32 Å². The van der Waals surface area contributed by atoms with Crippen molar-refractivity contribution < 1.29 is 24.2 Å². The van der Waals surface area contributed by atoms with Crippen molar-refractivity contribution in [3.05, 3.63) is 12.2 Å². The Bertz CT molecular complexity index is 430. The predicted molar refractivity (Wildman–Crippen MR) is 57.5 cm³/mol. The van der Waals surface area contributed by atoms with Crippen molar-refractivity contribution >= 4 is 17.9 Å². The lowest BCUT2D eigenvalue weighted by molar-refractivity contribution is -0.142. The third-order valence-electron chi connectivity index (χ3n) is 3.61. The van der Waals surface area contributed by atoms with Gasteiger partial charge in [0.1, 0.15) is 0 Å². The number of nitrogens with one attached hydrogen (secondary N) is 1. The Balaban J connectivity index is 1.70. The summed E-state index contributed by atoms with van der Waals surface area (Å²) in [6.45, 7) is 0.131. The Morgan fingerprint density at radius 1 is 1.28 bits per heavy atom. The molecule has 3 heterocycles. The number of carbonyl (C=O) groups excluding carboxylic acids is 2. The molecule has 3 aliphatic heterocycles. The summed E-state index contributed by atoms with van der Waals surface area (Å²) in [5.74, 6) is -1.35. The van der Waals surface area contributed by atoms with Crippen LogP contribution in [0.2, 0.25) is 0 Å². The van der Waals surface area contributed by atoms with Gasteiger partial charge in [0.05, 0.1) is 24.0 Å². The number of ether oxygens (including phenoxy) is 1. The molecule has 2 bridgehead atoms. The van der Waals surface area contributed by atoms with Crippen LogP contribution in [-0.2, 0) is 14.3 Å². The number of rotatable bonds is 3. The van der Waals surface area contributed by atoms with E-state index in [1.54, 1.807) is 0 Å². The average molecular weight is 252 g/mol. The van der Waals surface area contributed by atoms with E-state index in [4.69, 9.17) is 9.84 Å². The number of imide groups is 1. The Kier molecular flexibility index (Phi) is 2.37. The molecule has 2 saturated heterocycles. The molecule has 0 spiro atoms. The van der Waals surface area contributed by atoms with Gasteiger partial charge in [-0.15, -0.1) is 0 Å². The first-order valence-corrected chi connectivity index (χ1v) is 5.75. The third kappa shape index (κ3) is 1.43. The van der Waals surface area contributed by atoms with Crippen molar-refractivity contribution in [1.29, 1.82) is 0 Å². The van der Waals surface area contributed by atoms with Gasteiger partial charge >= 0.3 is 6.09 Å². The molecule has 0 radical (unpaired) electrons. The smallest absolute Gasteiger partial charge is 0.404 e. The van der Waals surface area contributed by atoms with Crippen molar-refractivity contribution in [2.75, 3.05) is 13.1 Å². The van der Waals surface area contributed by atoms with Crippen molar-refractivity contribution in [1.82, 2.24) is 10.2 Å². The van der Waals surface area contributed by atoms with Gasteiger partial charge in [-0.1, -0.05) is 12.2 Å². The summed E-state index contributed by atoms with van der Waals surface area (Å²) in [6, 6.07) is 0. The van der Waals surface area contributed by atoms with Crippen molar-refractivity contribution in [3.8, 4) is 0 Å². The second-order valence-electron chi connectivity index (χ2n) is 4.56. The Labute approximate surface area is 102 Å². The minimum Gasteiger partial charge on any atom is -0.465 e. The van der Waals surface area contributed by atoms with E-state index in [2.05, 4.69) is 5.32 Å². The summed E-state index contributed by atoms with van der Waals surface area (Å²) in [5, 5.41) is 10.6. The van der Waals surface area contributed by atoms with Crippen LogP contribution in [-0.4, -0.2) is 53.2 Å². The second-order valence-corrected chi connectivity index (χ2v) is 4.56. The monoisotopic (exact) mass is 252 g/mol. The lowest BCUT2D eigenvalue weighted by Gasteiger charge is -2.17. The van der Waals surface area contributed by atoms with Gasteiger partial charge in [0.15, 0.2) is 0 Å². The van der Waals surface area contributed by atoms with Crippen LogP contribution in [0.3, 0.4) is 0 Å². The number of carboxylic acid groups (broad SMARTS) is 1. The Morgan fingerprint density at radius 2 is 1.83 bits per heavy atom. The van der Waals surface area contributed by atoms with E-state index < -0.39 is 17.9 Å². The van der Waals surface area contributed by atoms with Crippen molar-refractivity contribution in [2.45, 2.75) is 12.2 Å². The largest absolute Gasteiger partial charge is 0.465 e. The molecule has 0 aliphatic carbocycles. The number of hydrogen-bond acceptors (Lipinski definition) is 4. The first-order valence-electron chi connectivity index (χ1n) is 5.75. The van der Waals surface area contributed by atoms with Gasteiger partial charge in [0, 0.05) is 13.1 Å². The second kappa shape index (κ2) is 3.81. The number of hydrogen-bond donors (Lipinski definition) is 2. The summed E-state index contributed by atoms with van der Waals surface area (Å²) in [4.78, 5) is 35.6. The first-order chi connectivity index (χ1) is 8.59. The molecular weight excluding hydrogens is 240 g/mol. The lowest BCUT2D eigenvalue weighted by Crippen LogP contribution is -2.40. The fourth-order valence-electron chi connectivity index (χ4n) is 2.86. The van der Waals surface area contributed by atoms with Gasteiger partial charge in [-0.05, 0) is 0 Å². The maximum Gasteiger partial charge on any atom is 0.404 e. The van der Waals surface area contributed by atoms with Gasteiger partial charge in [-0.2, -0.15) is 0 Å². The highest BCUT2D eigenvalue weighted by Gasteiger charge is 2.60. The molecule has 0 saturated carbocycles. The molecule has 2 fully saturated rings. The van der Waals surface area contributed by atoms with E-state index in [-0.39, 0.29) is 37.1 Å². The molecular formula is C11H12N2O5. The zero-order valence-electron chi connectivity index (χ0n) is 9.41. The third-order valence-corrected chi connectivity index (χ3v) is 3.61. The van der Waals surface area contributed by atoms with Crippen molar-refractivity contribution in [2.24, 2.45) is 11.8 Å². The van der Waals surface area contributed by atoms with Crippen LogP contribution in [0.5, 0.6) is 0 Å². The Hall–Kier alpha value is -1.89. The van der Waals surface area contributed by atoms with Crippen LogP contribution in [0, 0.1) is 11.8 Å². The van der Waals surface area contributed by atoms with Crippen LogP contribution in [0.25, 0.3) is 0 Å². The van der Waals surface area contributed by atoms with Crippen molar-refractivity contribution in [3.63, 3.8) is 0 Å². The predicted octanol–water partition coefficient (Wildman–Crippen LogP) is -0.808. The Morgan fingerprint density at radius 3 is 2.33 bits per heavy atom. The standard InChI is InChI=1S/C11H12N2O5/c14-9-7-5-1-2-6(18-5)8(7)10(15)13(9)4-3-12-11(16)17/h1-2,5-8,12H,3-4H2,(H,16,17). The fraction of sp³-hybridized carbons (Fsp3) is 0.545. The summed E-state index contributed by atoms with van der Waals surface area (Å²) >= 11 is 0. The van der Waals surface area contributed by atoms with Crippen LogP contribution >= 0.6 is 0 Å². The highest BCUT2D eigenvalue weighted by molar-refractivity contribution is 6.06. The van der Waals surface area contributed by atoms with E-state index in [0.29, 0.717) is 0 Å². The highest BCUT2D eigenvalue weighted by Crippen LogP contribution is 2.44. The van der Waals surface area contributed by atoms with Gasteiger partial charge in [-0.3, -0.25) is 14.5 Å². The quantitative estimate of drug-likeness (QED) is 0.506. The number of carbonyl (C=O) groups is 3. The first kappa shape index (κ1) is 11.2. The van der Waals surface area contributed by atoms with Gasteiger partial charge in [0.2, 0.25) is 11.8 Å². The molecule has 0 aromatic carbocycles. The number of nitrogens with zero attached hydrogens (tertiary/aromatic N) is 1. The summed E-state index contributed by atoms with van der Waals surface area (Å²) < 4.78 is 5.48. The molecule has 18 heavy (non-hydrogen) atoms. The van der Waals surface area contributed by atoms with Gasteiger partial charge in [0.25, 0.3) is 0 Å². The molecule has 3 aliphatic rings. The molecule has 4 atom stereocenters. The molecule has 4 unspecified atom stereocenters. The lowest BCUT2D eigenvalue weighted by atomic mass is 9.85. The van der Waals surface area contributed by atoms with Crippen LogP contribution in [0.15, 0.2) is 12.2 Å². The topological polar surface area (TPSA) is 95.9 Å². The average Bonchev–Trinajstić information content (AvgIpc) is 2.97. The molecule has 7 nitrogen and oxygen atoms in total. The SMILES string of the molecule is O=C(O)NCCN1C(=O)C2C3C=CC(O3)C2C1=O. The maximum absolute atomic E-state index is 12.1. The van der Waals surface area contributed by atoms with E-state index in [9.17, 15) is 14.4 Å². The molecule has 3 rings (SSSR count). The molecule has 7 heteroatoms. The normalized spacial score (nSPS) is 36.3. The summed E-state index contributed by atoms with van der Waals surface area (Å²) in [5.41, 5.74) is 0. The molecule has 96 valence electrons. The molecule has 3 amide bonds. The minimum absolute atomic E-state index is 0.0515. The molecule has 0 aromatic heterocycles. The van der Waals surface area contributed by atoms with E-state index in [0.717, 1.165) is 4.90 Å². The minimum atomic E-state index is -1.17. The van der Waals surface area contributed by atoms with E-state index >= 15 is 0 Å².